The van der Waals surface area contributed by atoms with Crippen molar-refractivity contribution in [1.29, 1.82) is 0 Å². The number of hydrogen-bond acceptors (Lipinski definition) is 2. The van der Waals surface area contributed by atoms with Gasteiger partial charge in [-0.15, -0.1) is 0 Å². The van der Waals surface area contributed by atoms with Crippen molar-refractivity contribution in [1.82, 2.24) is 5.32 Å². The van der Waals surface area contributed by atoms with Gasteiger partial charge in [-0.2, -0.15) is 0 Å². The summed E-state index contributed by atoms with van der Waals surface area (Å²) in [7, 11) is 0. The second-order valence-corrected chi connectivity index (χ2v) is 4.01. The third-order valence-corrected chi connectivity index (χ3v) is 3.01. The van der Waals surface area contributed by atoms with Crippen LogP contribution in [0.15, 0.2) is 24.3 Å². The van der Waals surface area contributed by atoms with E-state index in [9.17, 15) is 9.50 Å². The fourth-order valence-corrected chi connectivity index (χ4v) is 1.71. The SMILES string of the molecule is CC(O)(c1ccc(F)cc1)C1CNC1. The molecule has 76 valence electrons. The highest BCUT2D eigenvalue weighted by atomic mass is 19.1. The van der Waals surface area contributed by atoms with Gasteiger partial charge in [0.05, 0.1) is 5.60 Å². The number of hydrogen-bond donors (Lipinski definition) is 2. The lowest BCUT2D eigenvalue weighted by Gasteiger charge is -2.39. The summed E-state index contributed by atoms with van der Waals surface area (Å²) in [6.45, 7) is 3.43. The van der Waals surface area contributed by atoms with Crippen LogP contribution < -0.4 is 5.32 Å². The van der Waals surface area contributed by atoms with Crippen LogP contribution >= 0.6 is 0 Å². The first-order chi connectivity index (χ1) is 6.60. The van der Waals surface area contributed by atoms with Crippen LogP contribution in [0, 0.1) is 11.7 Å². The molecule has 2 rings (SSSR count). The van der Waals surface area contributed by atoms with E-state index in [1.165, 1.54) is 12.1 Å². The van der Waals surface area contributed by atoms with Gasteiger partial charge in [0.25, 0.3) is 0 Å². The maximum absolute atomic E-state index is 12.7. The van der Waals surface area contributed by atoms with Crippen molar-refractivity contribution in [3.63, 3.8) is 0 Å². The summed E-state index contributed by atoms with van der Waals surface area (Å²) in [5, 5.41) is 13.3. The molecule has 1 atom stereocenters. The molecule has 0 aliphatic carbocycles. The second-order valence-electron chi connectivity index (χ2n) is 4.01. The van der Waals surface area contributed by atoms with Crippen LogP contribution in [0.1, 0.15) is 12.5 Å². The van der Waals surface area contributed by atoms with Gasteiger partial charge in [0.15, 0.2) is 0 Å². The molecule has 2 nitrogen and oxygen atoms in total. The molecule has 1 fully saturated rings. The van der Waals surface area contributed by atoms with E-state index in [-0.39, 0.29) is 11.7 Å². The fraction of sp³-hybridized carbons (Fsp3) is 0.455. The van der Waals surface area contributed by atoms with Gasteiger partial charge < -0.3 is 10.4 Å². The lowest BCUT2D eigenvalue weighted by atomic mass is 9.79. The molecule has 0 saturated carbocycles. The maximum atomic E-state index is 12.7. The van der Waals surface area contributed by atoms with E-state index in [1.807, 2.05) is 0 Å². The molecule has 0 spiro atoms. The van der Waals surface area contributed by atoms with Crippen LogP contribution in [0.5, 0.6) is 0 Å². The number of nitrogens with one attached hydrogen (secondary N) is 1. The van der Waals surface area contributed by atoms with Crippen LogP contribution in [-0.4, -0.2) is 18.2 Å². The molecular formula is C11H14FNO. The van der Waals surface area contributed by atoms with Gasteiger partial charge >= 0.3 is 0 Å². The summed E-state index contributed by atoms with van der Waals surface area (Å²) in [6.07, 6.45) is 0. The average Bonchev–Trinajstić information content (AvgIpc) is 2.00. The van der Waals surface area contributed by atoms with Crippen LogP contribution in [0.25, 0.3) is 0 Å². The molecule has 1 aliphatic rings. The van der Waals surface area contributed by atoms with Gasteiger partial charge in [0, 0.05) is 19.0 Å². The molecule has 0 aromatic heterocycles. The van der Waals surface area contributed by atoms with Crippen LogP contribution in [0.2, 0.25) is 0 Å². The molecule has 2 N–H and O–H groups in total. The Bertz CT molecular complexity index is 317. The topological polar surface area (TPSA) is 32.3 Å². The highest BCUT2D eigenvalue weighted by molar-refractivity contribution is 5.24. The number of benzene rings is 1. The molecule has 3 heteroatoms. The van der Waals surface area contributed by atoms with E-state index < -0.39 is 5.60 Å². The Kier molecular flexibility index (Phi) is 2.29. The zero-order valence-corrected chi connectivity index (χ0v) is 8.13. The summed E-state index contributed by atoms with van der Waals surface area (Å²) in [4.78, 5) is 0. The normalized spacial score (nSPS) is 21.4. The average molecular weight is 195 g/mol. The fourth-order valence-electron chi connectivity index (χ4n) is 1.71. The number of halogens is 1. The number of rotatable bonds is 2. The minimum absolute atomic E-state index is 0.230. The van der Waals surface area contributed by atoms with E-state index in [2.05, 4.69) is 5.32 Å². The molecule has 1 heterocycles. The van der Waals surface area contributed by atoms with Crippen molar-refractivity contribution in [2.24, 2.45) is 5.92 Å². The molecule has 0 radical (unpaired) electrons. The minimum Gasteiger partial charge on any atom is -0.385 e. The Balaban J connectivity index is 2.23. The first-order valence-corrected chi connectivity index (χ1v) is 4.80. The molecular weight excluding hydrogens is 181 g/mol. The number of aliphatic hydroxyl groups is 1. The van der Waals surface area contributed by atoms with E-state index in [4.69, 9.17) is 0 Å². The summed E-state index contributed by atoms with van der Waals surface area (Å²) < 4.78 is 12.7. The predicted molar refractivity (Wildman–Crippen MR) is 52.3 cm³/mol. The van der Waals surface area contributed by atoms with Crippen molar-refractivity contribution in [2.45, 2.75) is 12.5 Å². The van der Waals surface area contributed by atoms with E-state index >= 15 is 0 Å². The van der Waals surface area contributed by atoms with Gasteiger partial charge in [-0.25, -0.2) is 4.39 Å². The van der Waals surface area contributed by atoms with Crippen molar-refractivity contribution >= 4 is 0 Å². The molecule has 1 unspecified atom stereocenters. The third kappa shape index (κ3) is 1.53. The van der Waals surface area contributed by atoms with Crippen LogP contribution in [0.4, 0.5) is 4.39 Å². The second kappa shape index (κ2) is 3.33. The van der Waals surface area contributed by atoms with Gasteiger partial charge in [-0.1, -0.05) is 12.1 Å². The largest absolute Gasteiger partial charge is 0.385 e. The Morgan fingerprint density at radius 2 is 1.93 bits per heavy atom. The Morgan fingerprint density at radius 3 is 2.36 bits per heavy atom. The molecule has 0 bridgehead atoms. The van der Waals surface area contributed by atoms with Gasteiger partial charge in [-0.3, -0.25) is 0 Å². The molecule has 0 amide bonds. The molecule has 1 aromatic rings. The Morgan fingerprint density at radius 1 is 1.36 bits per heavy atom. The van der Waals surface area contributed by atoms with Crippen molar-refractivity contribution in [3.8, 4) is 0 Å². The Hall–Kier alpha value is -0.930. The lowest BCUT2D eigenvalue weighted by Crippen LogP contribution is -2.52. The first kappa shape index (κ1) is 9.62. The zero-order valence-electron chi connectivity index (χ0n) is 8.13. The molecule has 1 aliphatic heterocycles. The monoisotopic (exact) mass is 195 g/mol. The van der Waals surface area contributed by atoms with Gasteiger partial charge in [0.2, 0.25) is 0 Å². The molecule has 1 aromatic carbocycles. The molecule has 1 saturated heterocycles. The Labute approximate surface area is 82.8 Å². The zero-order chi connectivity index (χ0) is 10.2. The van der Waals surface area contributed by atoms with E-state index in [1.54, 1.807) is 19.1 Å². The molecule has 14 heavy (non-hydrogen) atoms. The highest BCUT2D eigenvalue weighted by Crippen LogP contribution is 2.31. The van der Waals surface area contributed by atoms with Gasteiger partial charge in [0.1, 0.15) is 5.82 Å². The van der Waals surface area contributed by atoms with Crippen molar-refractivity contribution < 1.29 is 9.50 Å². The van der Waals surface area contributed by atoms with Crippen molar-refractivity contribution in [3.05, 3.63) is 35.6 Å². The summed E-state index contributed by atoms with van der Waals surface area (Å²) in [6, 6.07) is 6.06. The summed E-state index contributed by atoms with van der Waals surface area (Å²) in [5.41, 5.74) is -0.0655. The van der Waals surface area contributed by atoms with Crippen molar-refractivity contribution in [2.75, 3.05) is 13.1 Å². The third-order valence-electron chi connectivity index (χ3n) is 3.01. The summed E-state index contributed by atoms with van der Waals surface area (Å²) >= 11 is 0. The summed E-state index contributed by atoms with van der Waals surface area (Å²) in [5.74, 6) is -0.0377. The van der Waals surface area contributed by atoms with E-state index in [0.29, 0.717) is 0 Å². The minimum atomic E-state index is -0.848. The maximum Gasteiger partial charge on any atom is 0.123 e. The quantitative estimate of drug-likeness (QED) is 0.744. The first-order valence-electron chi connectivity index (χ1n) is 4.80. The smallest absolute Gasteiger partial charge is 0.123 e. The lowest BCUT2D eigenvalue weighted by molar-refractivity contribution is -0.0279. The highest BCUT2D eigenvalue weighted by Gasteiger charge is 2.37. The standard InChI is InChI=1S/C11H14FNO/c1-11(14,9-6-13-7-9)8-2-4-10(12)5-3-8/h2-5,9,13-14H,6-7H2,1H3. The van der Waals surface area contributed by atoms with E-state index in [0.717, 1.165) is 18.7 Å². The predicted octanol–water partition coefficient (Wildman–Crippen LogP) is 1.25. The van der Waals surface area contributed by atoms with Crippen LogP contribution in [-0.2, 0) is 5.60 Å². The van der Waals surface area contributed by atoms with Gasteiger partial charge in [-0.05, 0) is 24.6 Å². The van der Waals surface area contributed by atoms with Crippen LogP contribution in [0.3, 0.4) is 0 Å².